The number of fused-ring (bicyclic) bond motifs is 1. The topological polar surface area (TPSA) is 39.1 Å². The Morgan fingerprint density at radius 1 is 0.885 bits per heavy atom. The SMILES string of the molecule is Cc1cc(C=C2C(=O)c3ccccc3C2=O)c(C)n1-c1ccccc1Cl. The van der Waals surface area contributed by atoms with Crippen molar-refractivity contribution in [1.29, 1.82) is 0 Å². The summed E-state index contributed by atoms with van der Waals surface area (Å²) in [5, 5.41) is 0.647. The Bertz CT molecular complexity index is 1070. The third-order valence-corrected chi connectivity index (χ3v) is 5.09. The van der Waals surface area contributed by atoms with Crippen molar-refractivity contribution in [2.75, 3.05) is 0 Å². The lowest BCUT2D eigenvalue weighted by Gasteiger charge is -2.11. The van der Waals surface area contributed by atoms with E-state index in [-0.39, 0.29) is 17.1 Å². The van der Waals surface area contributed by atoms with Crippen LogP contribution in [-0.4, -0.2) is 16.1 Å². The number of carbonyl (C=O) groups is 2. The maximum absolute atomic E-state index is 12.6. The van der Waals surface area contributed by atoms with Crippen LogP contribution >= 0.6 is 11.6 Å². The van der Waals surface area contributed by atoms with E-state index in [1.165, 1.54) is 0 Å². The Hall–Kier alpha value is -2.91. The molecule has 0 bridgehead atoms. The highest BCUT2D eigenvalue weighted by Crippen LogP contribution is 2.31. The lowest BCUT2D eigenvalue weighted by Crippen LogP contribution is -2.02. The van der Waals surface area contributed by atoms with Gasteiger partial charge in [-0.1, -0.05) is 48.0 Å². The van der Waals surface area contributed by atoms with E-state index in [4.69, 9.17) is 11.6 Å². The average molecular weight is 362 g/mol. The molecule has 0 N–H and O–H groups in total. The van der Waals surface area contributed by atoms with Gasteiger partial charge in [-0.05, 0) is 43.7 Å². The maximum atomic E-state index is 12.6. The summed E-state index contributed by atoms with van der Waals surface area (Å²) in [4.78, 5) is 25.2. The van der Waals surface area contributed by atoms with Crippen molar-refractivity contribution in [2.45, 2.75) is 13.8 Å². The smallest absolute Gasteiger partial charge is 0.197 e. The van der Waals surface area contributed by atoms with Gasteiger partial charge in [-0.2, -0.15) is 0 Å². The first-order chi connectivity index (χ1) is 12.5. The zero-order chi connectivity index (χ0) is 18.4. The van der Waals surface area contributed by atoms with Crippen LogP contribution in [0, 0.1) is 13.8 Å². The largest absolute Gasteiger partial charge is 0.316 e. The van der Waals surface area contributed by atoms with Crippen LogP contribution in [0.4, 0.5) is 0 Å². The van der Waals surface area contributed by atoms with Crippen molar-refractivity contribution < 1.29 is 9.59 Å². The quantitative estimate of drug-likeness (QED) is 0.464. The fourth-order valence-corrected chi connectivity index (χ4v) is 3.72. The van der Waals surface area contributed by atoms with Gasteiger partial charge in [-0.3, -0.25) is 9.59 Å². The van der Waals surface area contributed by atoms with E-state index in [9.17, 15) is 9.59 Å². The van der Waals surface area contributed by atoms with Crippen molar-refractivity contribution in [3.8, 4) is 5.69 Å². The second-order valence-corrected chi connectivity index (χ2v) is 6.78. The summed E-state index contributed by atoms with van der Waals surface area (Å²) in [5.41, 5.74) is 4.79. The van der Waals surface area contributed by atoms with E-state index in [2.05, 4.69) is 0 Å². The van der Waals surface area contributed by atoms with Crippen LogP contribution in [0.3, 0.4) is 0 Å². The summed E-state index contributed by atoms with van der Waals surface area (Å²) >= 11 is 6.35. The number of para-hydroxylation sites is 1. The molecule has 0 atom stereocenters. The molecule has 3 aromatic rings. The van der Waals surface area contributed by atoms with Gasteiger partial charge in [-0.25, -0.2) is 0 Å². The van der Waals surface area contributed by atoms with Crippen LogP contribution < -0.4 is 0 Å². The molecule has 4 heteroatoms. The van der Waals surface area contributed by atoms with Gasteiger partial charge in [0.05, 0.1) is 16.3 Å². The van der Waals surface area contributed by atoms with Gasteiger partial charge in [-0.15, -0.1) is 0 Å². The summed E-state index contributed by atoms with van der Waals surface area (Å²) in [6.45, 7) is 3.94. The van der Waals surface area contributed by atoms with E-state index in [0.29, 0.717) is 16.1 Å². The Balaban J connectivity index is 1.83. The van der Waals surface area contributed by atoms with Gasteiger partial charge < -0.3 is 4.57 Å². The zero-order valence-corrected chi connectivity index (χ0v) is 15.2. The van der Waals surface area contributed by atoms with Gasteiger partial charge in [0.2, 0.25) is 0 Å². The summed E-state index contributed by atoms with van der Waals surface area (Å²) in [7, 11) is 0. The third kappa shape index (κ3) is 2.44. The normalized spacial score (nSPS) is 13.3. The molecule has 128 valence electrons. The number of aromatic nitrogens is 1. The molecule has 0 saturated heterocycles. The minimum Gasteiger partial charge on any atom is -0.316 e. The van der Waals surface area contributed by atoms with Crippen LogP contribution in [0.5, 0.6) is 0 Å². The molecule has 0 unspecified atom stereocenters. The molecule has 1 heterocycles. The average Bonchev–Trinajstić information content (AvgIpc) is 3.05. The van der Waals surface area contributed by atoms with E-state index < -0.39 is 0 Å². The van der Waals surface area contributed by atoms with Crippen LogP contribution in [0.15, 0.2) is 60.2 Å². The lowest BCUT2D eigenvalue weighted by molar-refractivity contribution is 0.0990. The fourth-order valence-electron chi connectivity index (χ4n) is 3.50. The molecule has 1 aliphatic carbocycles. The Kier molecular flexibility index (Phi) is 3.89. The summed E-state index contributed by atoms with van der Waals surface area (Å²) in [5.74, 6) is -0.429. The lowest BCUT2D eigenvalue weighted by atomic mass is 10.1. The van der Waals surface area contributed by atoms with Crippen LogP contribution in [-0.2, 0) is 0 Å². The second kappa shape index (κ2) is 6.11. The highest BCUT2D eigenvalue weighted by atomic mass is 35.5. The molecule has 0 saturated carbocycles. The van der Waals surface area contributed by atoms with Gasteiger partial charge in [0.25, 0.3) is 0 Å². The molecule has 3 nitrogen and oxygen atoms in total. The number of allylic oxidation sites excluding steroid dienone is 1. The Morgan fingerprint density at radius 2 is 1.46 bits per heavy atom. The number of ketones is 2. The number of Topliss-reactive ketones (excluding diaryl/α,β-unsaturated/α-hetero) is 2. The number of benzene rings is 2. The molecule has 0 radical (unpaired) electrons. The van der Waals surface area contributed by atoms with E-state index in [1.807, 2.05) is 48.7 Å². The standard InChI is InChI=1S/C22H16ClNO2/c1-13-11-15(14(2)24(13)20-10-6-5-9-19(20)23)12-18-21(25)16-7-3-4-8-17(16)22(18)26/h3-12H,1-2H3. The third-order valence-electron chi connectivity index (χ3n) is 4.77. The number of rotatable bonds is 2. The molecule has 1 aromatic heterocycles. The summed E-state index contributed by atoms with van der Waals surface area (Å²) < 4.78 is 2.03. The van der Waals surface area contributed by atoms with Crippen molar-refractivity contribution in [1.82, 2.24) is 4.57 Å². The minimum atomic E-state index is -0.215. The van der Waals surface area contributed by atoms with Gasteiger partial charge in [0.15, 0.2) is 11.6 Å². The molecular formula is C22H16ClNO2. The number of aryl methyl sites for hydroxylation is 1. The summed E-state index contributed by atoms with van der Waals surface area (Å²) in [6.07, 6.45) is 1.69. The van der Waals surface area contributed by atoms with Crippen molar-refractivity contribution in [3.63, 3.8) is 0 Å². The zero-order valence-electron chi connectivity index (χ0n) is 14.4. The van der Waals surface area contributed by atoms with Gasteiger partial charge in [0.1, 0.15) is 0 Å². The number of hydrogen-bond donors (Lipinski definition) is 0. The van der Waals surface area contributed by atoms with Gasteiger partial charge >= 0.3 is 0 Å². The van der Waals surface area contributed by atoms with Crippen LogP contribution in [0.2, 0.25) is 5.02 Å². The van der Waals surface area contributed by atoms with Crippen molar-refractivity contribution in [2.24, 2.45) is 0 Å². The molecule has 2 aromatic carbocycles. The van der Waals surface area contributed by atoms with E-state index in [1.54, 1.807) is 30.3 Å². The number of nitrogens with zero attached hydrogens (tertiary/aromatic N) is 1. The number of carbonyl (C=O) groups excluding carboxylic acids is 2. The Labute approximate surface area is 156 Å². The predicted molar refractivity (Wildman–Crippen MR) is 103 cm³/mol. The number of hydrogen-bond acceptors (Lipinski definition) is 2. The Morgan fingerprint density at radius 3 is 2.08 bits per heavy atom. The maximum Gasteiger partial charge on any atom is 0.197 e. The highest BCUT2D eigenvalue weighted by Gasteiger charge is 2.32. The summed E-state index contributed by atoms with van der Waals surface area (Å²) in [6, 6.07) is 16.5. The first-order valence-corrected chi connectivity index (χ1v) is 8.71. The highest BCUT2D eigenvalue weighted by molar-refractivity contribution is 6.41. The monoisotopic (exact) mass is 361 g/mol. The number of halogens is 1. The molecular weight excluding hydrogens is 346 g/mol. The molecule has 0 aliphatic heterocycles. The molecule has 0 amide bonds. The van der Waals surface area contributed by atoms with Crippen LogP contribution in [0.1, 0.15) is 37.7 Å². The molecule has 4 rings (SSSR count). The molecule has 0 spiro atoms. The first kappa shape index (κ1) is 16.6. The van der Waals surface area contributed by atoms with Gasteiger partial charge in [0, 0.05) is 22.5 Å². The van der Waals surface area contributed by atoms with Crippen molar-refractivity contribution >= 4 is 29.2 Å². The molecule has 26 heavy (non-hydrogen) atoms. The molecule has 1 aliphatic rings. The first-order valence-electron chi connectivity index (χ1n) is 8.33. The van der Waals surface area contributed by atoms with E-state index >= 15 is 0 Å². The minimum absolute atomic E-state index is 0.214. The van der Waals surface area contributed by atoms with Crippen molar-refractivity contribution in [3.05, 3.63) is 93.3 Å². The van der Waals surface area contributed by atoms with Crippen LogP contribution in [0.25, 0.3) is 11.8 Å². The fraction of sp³-hybridized carbons (Fsp3) is 0.0909. The second-order valence-electron chi connectivity index (χ2n) is 6.38. The van der Waals surface area contributed by atoms with E-state index in [0.717, 1.165) is 22.6 Å². The molecule has 0 fully saturated rings. The predicted octanol–water partition coefficient (Wildman–Crippen LogP) is 5.21.